The van der Waals surface area contributed by atoms with E-state index in [-0.39, 0.29) is 36.0 Å². The number of rotatable bonds is 20. The van der Waals surface area contributed by atoms with E-state index in [9.17, 15) is 9.90 Å². The molecule has 13 nitrogen and oxygen atoms in total. The Morgan fingerprint density at radius 3 is 1.46 bits per heavy atom. The molecule has 0 amide bonds. The predicted molar refractivity (Wildman–Crippen MR) is 316 cm³/mol. The monoisotopic (exact) mass is 1080 g/mol. The summed E-state index contributed by atoms with van der Waals surface area (Å²) in [6.07, 6.45) is 10.3. The third kappa shape index (κ3) is 17.6. The van der Waals surface area contributed by atoms with Crippen LogP contribution in [0.1, 0.15) is 71.2 Å². The van der Waals surface area contributed by atoms with Gasteiger partial charge in [0.1, 0.15) is 35.2 Å². The van der Waals surface area contributed by atoms with E-state index in [4.69, 9.17) is 33.6 Å². The standard InChI is InChI=1S/C31H30N2O5.C20H29NO2Si.C14H15NO2/c1-33(2)16-17-36-28-5-3-4-27-30(35)26-15-14-24(18-29(26)38-31(27)28)37-25-13-12-23(32-19-25)11-10-21-6-8-22(20-34)9-7-21;1-20(2,3)24(4,5)23-19-13-12-18(21-14-19)11-10-16-6-8-17(15-22)9-7-16;16-10-12-3-1-11(2-4-12)5-6-13-7-8-14(17)9-15-13/h3-9,12-15,18-19,34H,10-11,16-17,20H2,1-2H3;6-9,12-14,22H,10-11,15H2,1-5H3;1-4,7-9,16-17H,5-6,10H2. The largest absolute Gasteiger partial charge is 0.542 e. The number of aliphatic hydroxyl groups excluding tert-OH is 3. The van der Waals surface area contributed by atoms with Crippen molar-refractivity contribution in [3.8, 4) is 28.7 Å². The quantitative estimate of drug-likeness (QED) is 0.0419. The first-order valence-corrected chi connectivity index (χ1v) is 29.6. The van der Waals surface area contributed by atoms with Gasteiger partial charge in [-0.05, 0) is 165 Å². The van der Waals surface area contributed by atoms with Crippen LogP contribution in [0.15, 0.2) is 173 Å². The van der Waals surface area contributed by atoms with E-state index in [0.717, 1.165) is 84.6 Å². The molecule has 0 saturated heterocycles. The maximum Gasteiger partial charge on any atom is 0.250 e. The number of aliphatic hydroxyl groups is 3. The first kappa shape index (κ1) is 58.9. The summed E-state index contributed by atoms with van der Waals surface area (Å²) in [5, 5.41) is 37.5. The number of aromatic nitrogens is 3. The molecule has 9 rings (SSSR count). The molecule has 0 bridgehead atoms. The fraction of sp³-hybridized carbons (Fsp3) is 0.292. The molecule has 9 aromatic rings. The molecule has 0 saturated carbocycles. The SMILES string of the molecule is CC(C)(C)[Si](C)(C)Oc1ccc(CCc2ccc(CO)cc2)nc1.CN(C)CCOc1cccc2c(=O)c3ccc(Oc4ccc(CCc5ccc(CO)cc5)nc4)cc3oc12.OCc1ccc(CCc2ccc(O)cn2)cc1. The molecular weight excluding hydrogens is 1010 g/mol. The Balaban J connectivity index is 0.000000188. The summed E-state index contributed by atoms with van der Waals surface area (Å²) >= 11 is 0. The number of likely N-dealkylation sites (N-methyl/N-ethyl adjacent to an activating group) is 1. The summed E-state index contributed by atoms with van der Waals surface area (Å²) in [5.74, 6) is 2.75. The van der Waals surface area contributed by atoms with Gasteiger partial charge >= 0.3 is 0 Å². The smallest absolute Gasteiger partial charge is 0.250 e. The minimum absolute atomic E-state index is 0.0513. The molecular formula is C65H74N4O9Si. The first-order valence-electron chi connectivity index (χ1n) is 26.7. The maximum absolute atomic E-state index is 13.1. The van der Waals surface area contributed by atoms with Crippen LogP contribution >= 0.6 is 0 Å². The highest BCUT2D eigenvalue weighted by atomic mass is 28.4. The van der Waals surface area contributed by atoms with Gasteiger partial charge < -0.3 is 43.6 Å². The van der Waals surface area contributed by atoms with Gasteiger partial charge in [0.2, 0.25) is 5.43 Å². The molecule has 5 aromatic carbocycles. The lowest BCUT2D eigenvalue weighted by Gasteiger charge is -2.36. The van der Waals surface area contributed by atoms with Crippen LogP contribution in [0.5, 0.6) is 28.7 Å². The van der Waals surface area contributed by atoms with E-state index in [1.165, 1.54) is 22.9 Å². The zero-order valence-electron chi connectivity index (χ0n) is 46.5. The van der Waals surface area contributed by atoms with Crippen molar-refractivity contribution >= 4 is 30.3 Å². The van der Waals surface area contributed by atoms with Crippen LogP contribution in [-0.2, 0) is 58.3 Å². The van der Waals surface area contributed by atoms with Crippen LogP contribution in [0.4, 0.5) is 0 Å². The van der Waals surface area contributed by atoms with Crippen molar-refractivity contribution in [2.45, 2.75) is 97.2 Å². The van der Waals surface area contributed by atoms with E-state index in [1.807, 2.05) is 116 Å². The topological polar surface area (TPSA) is 181 Å². The van der Waals surface area contributed by atoms with Gasteiger partial charge in [0.15, 0.2) is 11.3 Å². The molecule has 0 atom stereocenters. The molecule has 412 valence electrons. The minimum atomic E-state index is -1.80. The number of ether oxygens (including phenoxy) is 2. The minimum Gasteiger partial charge on any atom is -0.542 e. The Morgan fingerprint density at radius 2 is 1.01 bits per heavy atom. The van der Waals surface area contributed by atoms with Crippen LogP contribution in [0.3, 0.4) is 0 Å². The molecule has 0 spiro atoms. The number of benzene rings is 5. The Labute approximate surface area is 464 Å². The number of nitrogens with zero attached hydrogens (tertiary/aromatic N) is 4. The van der Waals surface area contributed by atoms with Gasteiger partial charge in [0, 0.05) is 29.7 Å². The van der Waals surface area contributed by atoms with E-state index in [1.54, 1.807) is 42.6 Å². The molecule has 4 N–H and O–H groups in total. The summed E-state index contributed by atoms with van der Waals surface area (Å²) in [6, 6.07) is 45.9. The maximum atomic E-state index is 13.1. The average molecular weight is 1080 g/mol. The summed E-state index contributed by atoms with van der Waals surface area (Å²) in [7, 11) is 2.15. The van der Waals surface area contributed by atoms with E-state index in [0.29, 0.717) is 45.8 Å². The molecule has 0 unspecified atom stereocenters. The lowest BCUT2D eigenvalue weighted by Crippen LogP contribution is -2.43. The van der Waals surface area contributed by atoms with Gasteiger partial charge in [-0.25, -0.2) is 0 Å². The zero-order valence-corrected chi connectivity index (χ0v) is 47.5. The second-order valence-corrected chi connectivity index (χ2v) is 26.0. The van der Waals surface area contributed by atoms with Crippen LogP contribution in [0.25, 0.3) is 21.9 Å². The van der Waals surface area contributed by atoms with E-state index >= 15 is 0 Å². The number of hydrogen-bond acceptors (Lipinski definition) is 13. The molecule has 0 aliphatic carbocycles. The second kappa shape index (κ2) is 28.2. The Morgan fingerprint density at radius 1 is 0.544 bits per heavy atom. The lowest BCUT2D eigenvalue weighted by atomic mass is 10.1. The fourth-order valence-corrected chi connectivity index (χ4v) is 9.00. The average Bonchev–Trinajstić information content (AvgIpc) is 3.62. The molecule has 0 fully saturated rings. The second-order valence-electron chi connectivity index (χ2n) is 21.2. The van der Waals surface area contributed by atoms with Crippen molar-refractivity contribution in [1.82, 2.24) is 19.9 Å². The first-order chi connectivity index (χ1) is 38.0. The van der Waals surface area contributed by atoms with Crippen molar-refractivity contribution in [2.24, 2.45) is 0 Å². The highest BCUT2D eigenvalue weighted by molar-refractivity contribution is 6.74. The third-order valence-electron chi connectivity index (χ3n) is 13.9. The number of aryl methyl sites for hydroxylation is 6. The van der Waals surface area contributed by atoms with Crippen molar-refractivity contribution in [3.63, 3.8) is 0 Å². The normalized spacial score (nSPS) is 11.4. The summed E-state index contributed by atoms with van der Waals surface area (Å²) < 4.78 is 24.3. The van der Waals surface area contributed by atoms with Gasteiger partial charge in [-0.3, -0.25) is 19.7 Å². The summed E-state index contributed by atoms with van der Waals surface area (Å²) in [5.41, 5.74) is 10.2. The zero-order chi connectivity index (χ0) is 56.4. The summed E-state index contributed by atoms with van der Waals surface area (Å²) in [6.45, 7) is 12.7. The Kier molecular flexibility index (Phi) is 21.1. The molecule has 4 aromatic heterocycles. The lowest BCUT2D eigenvalue weighted by molar-refractivity contribution is 0.261. The van der Waals surface area contributed by atoms with Crippen molar-refractivity contribution in [3.05, 3.63) is 225 Å². The van der Waals surface area contributed by atoms with Crippen LogP contribution in [-0.4, -0.2) is 75.8 Å². The molecule has 14 heteroatoms. The molecule has 4 heterocycles. The number of aromatic hydroxyl groups is 1. The highest BCUT2D eigenvalue weighted by Gasteiger charge is 2.39. The highest BCUT2D eigenvalue weighted by Crippen LogP contribution is 2.37. The molecule has 0 radical (unpaired) electrons. The Bertz CT molecular complexity index is 3360. The van der Waals surface area contributed by atoms with Crippen LogP contribution in [0, 0.1) is 0 Å². The molecule has 0 aliphatic heterocycles. The van der Waals surface area contributed by atoms with Crippen molar-refractivity contribution < 1.29 is 38.7 Å². The molecule has 0 aliphatic rings. The van der Waals surface area contributed by atoms with E-state index in [2.05, 4.69) is 67.0 Å². The van der Waals surface area contributed by atoms with E-state index < -0.39 is 8.32 Å². The van der Waals surface area contributed by atoms with Gasteiger partial charge in [0.25, 0.3) is 8.32 Å². The van der Waals surface area contributed by atoms with Crippen molar-refractivity contribution in [1.29, 1.82) is 0 Å². The number of hydrogen-bond donors (Lipinski definition) is 4. The van der Waals surface area contributed by atoms with Gasteiger partial charge in [-0.15, -0.1) is 0 Å². The van der Waals surface area contributed by atoms with Crippen LogP contribution < -0.4 is 19.3 Å². The predicted octanol–water partition coefficient (Wildman–Crippen LogP) is 12.2. The molecule has 79 heavy (non-hydrogen) atoms. The number of pyridine rings is 3. The Hall–Kier alpha value is -7.72. The fourth-order valence-electron chi connectivity index (χ4n) is 7.98. The van der Waals surface area contributed by atoms with Gasteiger partial charge in [-0.1, -0.05) is 99.6 Å². The third-order valence-corrected chi connectivity index (χ3v) is 18.2. The van der Waals surface area contributed by atoms with Crippen molar-refractivity contribution in [2.75, 3.05) is 27.2 Å². The summed E-state index contributed by atoms with van der Waals surface area (Å²) in [4.78, 5) is 28.4. The number of fused-ring (bicyclic) bond motifs is 2. The van der Waals surface area contributed by atoms with Crippen LogP contribution in [0.2, 0.25) is 18.1 Å². The van der Waals surface area contributed by atoms with Gasteiger partial charge in [-0.2, -0.15) is 0 Å². The van der Waals surface area contributed by atoms with Gasteiger partial charge in [0.05, 0.1) is 49.2 Å². The number of para-hydroxylation sites is 1.